The van der Waals surface area contributed by atoms with Crippen LogP contribution in [-0.2, 0) is 20.8 Å². The van der Waals surface area contributed by atoms with Crippen LogP contribution in [0.2, 0.25) is 0 Å². The van der Waals surface area contributed by atoms with Crippen LogP contribution in [0.4, 0.5) is 18.9 Å². The highest BCUT2D eigenvalue weighted by atomic mass is 32.2. The number of nitrogens with two attached hydrogens (primary N) is 1. The van der Waals surface area contributed by atoms with Gasteiger partial charge < -0.3 is 10.5 Å². The maximum absolute atomic E-state index is 12.4. The van der Waals surface area contributed by atoms with Crippen LogP contribution >= 0.6 is 0 Å². The summed E-state index contributed by atoms with van der Waals surface area (Å²) in [5.41, 5.74) is 4.03. The number of hydrogen-bond acceptors (Lipinski definition) is 4. The molecule has 0 spiro atoms. The van der Waals surface area contributed by atoms with E-state index in [2.05, 4.69) is 0 Å². The van der Waals surface area contributed by atoms with Crippen molar-refractivity contribution in [1.82, 2.24) is 0 Å². The van der Waals surface area contributed by atoms with Gasteiger partial charge >= 0.3 is 6.18 Å². The predicted molar refractivity (Wildman–Crippen MR) is 64.4 cm³/mol. The summed E-state index contributed by atoms with van der Waals surface area (Å²) in [7, 11) is -2.27. The van der Waals surface area contributed by atoms with Crippen LogP contribution in [-0.4, -0.2) is 27.9 Å². The molecule has 0 aliphatic rings. The van der Waals surface area contributed by atoms with Crippen LogP contribution in [0.5, 0.6) is 0 Å². The zero-order valence-electron chi connectivity index (χ0n) is 10.2. The molecule has 0 saturated heterocycles. The van der Waals surface area contributed by atoms with Gasteiger partial charge in [0.25, 0.3) is 0 Å². The van der Waals surface area contributed by atoms with Crippen LogP contribution in [0, 0.1) is 0 Å². The van der Waals surface area contributed by atoms with Crippen molar-refractivity contribution in [2.75, 3.05) is 25.2 Å². The number of ether oxygens (including phenoxy) is 1. The lowest BCUT2D eigenvalue weighted by Gasteiger charge is -2.11. The number of rotatable bonds is 5. The summed E-state index contributed by atoms with van der Waals surface area (Å²) in [6, 6.07) is 2.23. The van der Waals surface area contributed by atoms with Gasteiger partial charge in [-0.25, -0.2) is 8.42 Å². The van der Waals surface area contributed by atoms with E-state index in [4.69, 9.17) is 10.5 Å². The van der Waals surface area contributed by atoms with Crippen molar-refractivity contribution in [3.8, 4) is 0 Å². The van der Waals surface area contributed by atoms with Crippen molar-refractivity contribution in [2.24, 2.45) is 0 Å². The van der Waals surface area contributed by atoms with Gasteiger partial charge in [-0.2, -0.15) is 13.2 Å². The third-order valence-electron chi connectivity index (χ3n) is 2.43. The van der Waals surface area contributed by atoms with Crippen LogP contribution in [0.15, 0.2) is 23.1 Å². The second kappa shape index (κ2) is 5.79. The van der Waals surface area contributed by atoms with Crippen molar-refractivity contribution in [3.05, 3.63) is 23.8 Å². The van der Waals surface area contributed by atoms with Gasteiger partial charge in [-0.05, 0) is 24.6 Å². The molecule has 0 heterocycles. The molecule has 0 fully saturated rings. The Morgan fingerprint density at radius 3 is 2.42 bits per heavy atom. The van der Waals surface area contributed by atoms with Gasteiger partial charge in [-0.15, -0.1) is 0 Å². The molecule has 0 aliphatic heterocycles. The summed E-state index contributed by atoms with van der Waals surface area (Å²) in [4.78, 5) is -0.281. The highest BCUT2D eigenvalue weighted by Crippen LogP contribution is 2.32. The van der Waals surface area contributed by atoms with Crippen molar-refractivity contribution >= 4 is 15.5 Å². The van der Waals surface area contributed by atoms with Crippen molar-refractivity contribution in [1.29, 1.82) is 0 Å². The summed E-state index contributed by atoms with van der Waals surface area (Å²) in [5, 5.41) is 0. The summed E-state index contributed by atoms with van der Waals surface area (Å²) < 4.78 is 65.7. The zero-order valence-corrected chi connectivity index (χ0v) is 11.0. The molecule has 1 rings (SSSR count). The highest BCUT2D eigenvalue weighted by molar-refractivity contribution is 7.91. The second-order valence-corrected chi connectivity index (χ2v) is 5.99. The van der Waals surface area contributed by atoms with Gasteiger partial charge in [0.05, 0.1) is 21.9 Å². The largest absolute Gasteiger partial charge is 0.416 e. The molecule has 0 radical (unpaired) electrons. The fourth-order valence-electron chi connectivity index (χ4n) is 1.51. The quantitative estimate of drug-likeness (QED) is 0.667. The van der Waals surface area contributed by atoms with Crippen LogP contribution in [0.25, 0.3) is 0 Å². The molecule has 0 atom stereocenters. The Morgan fingerprint density at radius 2 is 1.95 bits per heavy atom. The van der Waals surface area contributed by atoms with Gasteiger partial charge in [0.2, 0.25) is 0 Å². The number of hydrogen-bond donors (Lipinski definition) is 1. The molecule has 4 nitrogen and oxygen atoms in total. The Hall–Kier alpha value is -1.28. The number of methoxy groups -OCH3 is 1. The number of halogens is 3. The van der Waals surface area contributed by atoms with E-state index in [1.54, 1.807) is 0 Å². The summed E-state index contributed by atoms with van der Waals surface area (Å²) >= 11 is 0. The van der Waals surface area contributed by atoms with E-state index in [0.29, 0.717) is 12.1 Å². The first-order valence-corrected chi connectivity index (χ1v) is 7.02. The molecular formula is C11H14F3NO3S. The van der Waals surface area contributed by atoms with E-state index in [-0.39, 0.29) is 23.7 Å². The van der Waals surface area contributed by atoms with Gasteiger partial charge in [0.1, 0.15) is 0 Å². The van der Waals surface area contributed by atoms with Crippen molar-refractivity contribution < 1.29 is 26.3 Å². The Balaban J connectivity index is 3.03. The predicted octanol–water partition coefficient (Wildman–Crippen LogP) is 2.10. The van der Waals surface area contributed by atoms with E-state index in [9.17, 15) is 21.6 Å². The van der Waals surface area contributed by atoms with Crippen molar-refractivity contribution in [3.63, 3.8) is 0 Å². The van der Waals surface area contributed by atoms with E-state index in [0.717, 1.165) is 6.07 Å². The number of sulfone groups is 1. The summed E-state index contributed by atoms with van der Waals surface area (Å²) in [6.45, 7) is 0.250. The molecular weight excluding hydrogens is 283 g/mol. The SMILES string of the molecule is COCCCS(=O)(=O)c1ccc(C(F)(F)F)cc1N. The van der Waals surface area contributed by atoms with E-state index in [1.807, 2.05) is 0 Å². The molecule has 0 bridgehead atoms. The van der Waals surface area contributed by atoms with E-state index < -0.39 is 27.3 Å². The smallest absolute Gasteiger partial charge is 0.398 e. The Morgan fingerprint density at radius 1 is 1.32 bits per heavy atom. The van der Waals surface area contributed by atoms with E-state index in [1.165, 1.54) is 7.11 Å². The molecule has 2 N–H and O–H groups in total. The molecule has 108 valence electrons. The van der Waals surface area contributed by atoms with Crippen LogP contribution in [0.1, 0.15) is 12.0 Å². The van der Waals surface area contributed by atoms with E-state index >= 15 is 0 Å². The minimum absolute atomic E-state index is 0.226. The van der Waals surface area contributed by atoms with Gasteiger partial charge in [0.15, 0.2) is 9.84 Å². The van der Waals surface area contributed by atoms with Gasteiger partial charge in [0, 0.05) is 13.7 Å². The lowest BCUT2D eigenvalue weighted by molar-refractivity contribution is -0.137. The fourth-order valence-corrected chi connectivity index (χ4v) is 2.92. The van der Waals surface area contributed by atoms with Crippen LogP contribution in [0.3, 0.4) is 0 Å². The monoisotopic (exact) mass is 297 g/mol. The Bertz CT molecular complexity index is 541. The second-order valence-electron chi connectivity index (χ2n) is 3.92. The molecule has 0 aliphatic carbocycles. The zero-order chi connectivity index (χ0) is 14.7. The highest BCUT2D eigenvalue weighted by Gasteiger charge is 2.31. The molecule has 19 heavy (non-hydrogen) atoms. The third-order valence-corrected chi connectivity index (χ3v) is 4.30. The molecule has 1 aromatic rings. The number of nitrogen functional groups attached to an aromatic ring is 1. The molecule has 1 aromatic carbocycles. The topological polar surface area (TPSA) is 69.4 Å². The normalized spacial score (nSPS) is 12.6. The molecule has 0 aromatic heterocycles. The first kappa shape index (κ1) is 15.8. The standard InChI is InChI=1S/C11H14F3NO3S/c1-18-5-2-6-19(16,17)10-4-3-8(7-9(10)15)11(12,13)14/h3-4,7H,2,5-6,15H2,1H3. The maximum Gasteiger partial charge on any atom is 0.416 e. The Labute approximate surface area is 109 Å². The lowest BCUT2D eigenvalue weighted by atomic mass is 10.2. The minimum Gasteiger partial charge on any atom is -0.398 e. The molecule has 0 unspecified atom stereocenters. The molecule has 8 heteroatoms. The first-order chi connectivity index (χ1) is 8.68. The number of benzene rings is 1. The Kier molecular flexibility index (Phi) is 4.81. The average Bonchev–Trinajstić information content (AvgIpc) is 2.27. The fraction of sp³-hybridized carbons (Fsp3) is 0.455. The molecule has 0 amide bonds. The summed E-state index contributed by atoms with van der Waals surface area (Å²) in [5.74, 6) is -0.226. The maximum atomic E-state index is 12.4. The lowest BCUT2D eigenvalue weighted by Crippen LogP contribution is -2.13. The summed E-state index contributed by atoms with van der Waals surface area (Å²) in [6.07, 6.45) is -4.30. The van der Waals surface area contributed by atoms with Gasteiger partial charge in [-0.3, -0.25) is 0 Å². The first-order valence-electron chi connectivity index (χ1n) is 5.37. The third kappa shape index (κ3) is 4.10. The van der Waals surface area contributed by atoms with Gasteiger partial charge in [-0.1, -0.05) is 0 Å². The number of anilines is 1. The van der Waals surface area contributed by atoms with Crippen molar-refractivity contribution in [2.45, 2.75) is 17.5 Å². The average molecular weight is 297 g/mol. The molecule has 0 saturated carbocycles. The number of alkyl halides is 3. The minimum atomic E-state index is -4.55. The van der Waals surface area contributed by atoms with Crippen LogP contribution < -0.4 is 5.73 Å².